The van der Waals surface area contributed by atoms with Gasteiger partial charge in [-0.2, -0.15) is 5.48 Å². The molecule has 0 bridgehead atoms. The lowest BCUT2D eigenvalue weighted by molar-refractivity contribution is -0.131. The van der Waals surface area contributed by atoms with Crippen LogP contribution in [-0.4, -0.2) is 24.8 Å². The number of amides is 1. The lowest BCUT2D eigenvalue weighted by Gasteiger charge is -2.25. The number of hydrogen-bond acceptors (Lipinski definition) is 4. The summed E-state index contributed by atoms with van der Waals surface area (Å²) in [5.41, 5.74) is 2.77. The van der Waals surface area contributed by atoms with Gasteiger partial charge in [0.05, 0.1) is 12.6 Å². The maximum Gasteiger partial charge on any atom is 0.229 e. The van der Waals surface area contributed by atoms with Crippen molar-refractivity contribution in [3.05, 3.63) is 0 Å². The fourth-order valence-electron chi connectivity index (χ4n) is 1.48. The Bertz CT molecular complexity index is 183. The minimum absolute atomic E-state index is 0.0613. The molecule has 11 heavy (non-hydrogen) atoms. The fraction of sp³-hybridized carbons (Fsp3) is 0.833. The van der Waals surface area contributed by atoms with Crippen molar-refractivity contribution >= 4 is 5.91 Å². The molecule has 2 aliphatic heterocycles. The molecule has 62 valence electrons. The number of nitrogens with one attached hydrogen (secondary N) is 3. The molecule has 0 saturated carbocycles. The normalized spacial score (nSPS) is 43.4. The smallest absolute Gasteiger partial charge is 0.229 e. The second kappa shape index (κ2) is 2.44. The Morgan fingerprint density at radius 1 is 1.64 bits per heavy atom. The van der Waals surface area contributed by atoms with E-state index in [1.807, 2.05) is 6.92 Å². The molecule has 3 atom stereocenters. The van der Waals surface area contributed by atoms with Gasteiger partial charge >= 0.3 is 0 Å². The van der Waals surface area contributed by atoms with Gasteiger partial charge in [0.15, 0.2) is 0 Å². The SMILES string of the molecule is CC1NOC2NCNC(=O)C12. The second-order valence-electron chi connectivity index (χ2n) is 2.89. The molecule has 2 fully saturated rings. The maximum atomic E-state index is 11.2. The first-order chi connectivity index (χ1) is 5.29. The van der Waals surface area contributed by atoms with Crippen LogP contribution in [0.15, 0.2) is 0 Å². The third-order valence-corrected chi connectivity index (χ3v) is 2.11. The zero-order valence-electron chi connectivity index (χ0n) is 6.26. The third kappa shape index (κ3) is 1.01. The van der Waals surface area contributed by atoms with Crippen LogP contribution >= 0.6 is 0 Å². The highest BCUT2D eigenvalue weighted by molar-refractivity contribution is 5.80. The van der Waals surface area contributed by atoms with E-state index in [0.29, 0.717) is 6.67 Å². The molecule has 0 aromatic heterocycles. The summed E-state index contributed by atoms with van der Waals surface area (Å²) in [5.74, 6) is -0.0324. The van der Waals surface area contributed by atoms with Crippen LogP contribution in [0.4, 0.5) is 0 Å². The Balaban J connectivity index is 2.14. The van der Waals surface area contributed by atoms with Gasteiger partial charge in [-0.25, -0.2) is 0 Å². The van der Waals surface area contributed by atoms with Gasteiger partial charge in [-0.15, -0.1) is 0 Å². The fourth-order valence-corrected chi connectivity index (χ4v) is 1.48. The van der Waals surface area contributed by atoms with Crippen LogP contribution in [0.25, 0.3) is 0 Å². The van der Waals surface area contributed by atoms with Crippen LogP contribution in [0.1, 0.15) is 6.92 Å². The van der Waals surface area contributed by atoms with Crippen molar-refractivity contribution in [3.63, 3.8) is 0 Å². The lowest BCUT2D eigenvalue weighted by Crippen LogP contribution is -2.55. The summed E-state index contributed by atoms with van der Waals surface area (Å²) in [5, 5.41) is 5.74. The second-order valence-corrected chi connectivity index (χ2v) is 2.89. The highest BCUT2D eigenvalue weighted by Crippen LogP contribution is 2.18. The first kappa shape index (κ1) is 7.02. The molecular formula is C6H11N3O2. The van der Waals surface area contributed by atoms with Crippen LogP contribution in [0, 0.1) is 5.92 Å². The van der Waals surface area contributed by atoms with E-state index in [1.54, 1.807) is 0 Å². The minimum Gasteiger partial charge on any atom is -0.343 e. The number of rotatable bonds is 0. The molecule has 3 N–H and O–H groups in total. The topological polar surface area (TPSA) is 62.4 Å². The molecule has 2 rings (SSSR count). The Kier molecular flexibility index (Phi) is 1.56. The van der Waals surface area contributed by atoms with Crippen molar-refractivity contribution in [2.75, 3.05) is 6.67 Å². The van der Waals surface area contributed by atoms with Gasteiger partial charge in [-0.3, -0.25) is 14.9 Å². The first-order valence-corrected chi connectivity index (χ1v) is 3.71. The van der Waals surface area contributed by atoms with E-state index < -0.39 is 0 Å². The van der Waals surface area contributed by atoms with Gasteiger partial charge in [0.1, 0.15) is 6.23 Å². The number of hydroxylamine groups is 1. The van der Waals surface area contributed by atoms with Crippen LogP contribution in [0.3, 0.4) is 0 Å². The van der Waals surface area contributed by atoms with Crippen molar-refractivity contribution in [1.82, 2.24) is 16.1 Å². The number of carbonyl (C=O) groups excluding carboxylic acids is 1. The number of fused-ring (bicyclic) bond motifs is 1. The molecule has 0 aromatic rings. The standard InChI is InChI=1S/C6H11N3O2/c1-3-4-5(10)7-2-8-6(4)11-9-3/h3-4,6,8-9H,2H2,1H3,(H,7,10). The molecule has 1 amide bonds. The third-order valence-electron chi connectivity index (χ3n) is 2.11. The molecule has 0 aromatic carbocycles. The average Bonchev–Trinajstić information content (AvgIpc) is 2.34. The van der Waals surface area contributed by atoms with Crippen LogP contribution < -0.4 is 16.1 Å². The molecule has 0 aliphatic carbocycles. The molecule has 5 nitrogen and oxygen atoms in total. The summed E-state index contributed by atoms with van der Waals surface area (Å²) in [6.45, 7) is 2.42. The summed E-state index contributed by atoms with van der Waals surface area (Å²) < 4.78 is 0. The molecular weight excluding hydrogens is 146 g/mol. The van der Waals surface area contributed by atoms with E-state index in [1.165, 1.54) is 0 Å². The zero-order chi connectivity index (χ0) is 7.84. The highest BCUT2D eigenvalue weighted by Gasteiger charge is 2.42. The summed E-state index contributed by atoms with van der Waals surface area (Å²) in [7, 11) is 0. The van der Waals surface area contributed by atoms with Gasteiger partial charge in [0.25, 0.3) is 0 Å². The molecule has 2 saturated heterocycles. The minimum atomic E-state index is -0.154. The summed E-state index contributed by atoms with van der Waals surface area (Å²) in [4.78, 5) is 16.3. The van der Waals surface area contributed by atoms with Crippen molar-refractivity contribution in [2.24, 2.45) is 5.92 Å². The van der Waals surface area contributed by atoms with Crippen LogP contribution in [0.2, 0.25) is 0 Å². The van der Waals surface area contributed by atoms with Crippen LogP contribution in [0.5, 0.6) is 0 Å². The van der Waals surface area contributed by atoms with E-state index in [2.05, 4.69) is 16.1 Å². The molecule has 2 heterocycles. The van der Waals surface area contributed by atoms with Gasteiger partial charge in [-0.1, -0.05) is 0 Å². The highest BCUT2D eigenvalue weighted by atomic mass is 16.7. The van der Waals surface area contributed by atoms with E-state index in [4.69, 9.17) is 4.84 Å². The molecule has 0 radical (unpaired) electrons. The largest absolute Gasteiger partial charge is 0.343 e. The Morgan fingerprint density at radius 3 is 3.18 bits per heavy atom. The summed E-state index contributed by atoms with van der Waals surface area (Å²) in [6, 6.07) is 0.0906. The van der Waals surface area contributed by atoms with E-state index >= 15 is 0 Å². The van der Waals surface area contributed by atoms with Crippen LogP contribution in [-0.2, 0) is 9.63 Å². The first-order valence-electron chi connectivity index (χ1n) is 3.71. The quantitative estimate of drug-likeness (QED) is 0.401. The van der Waals surface area contributed by atoms with Crippen molar-refractivity contribution in [2.45, 2.75) is 19.2 Å². The Morgan fingerprint density at radius 2 is 2.45 bits per heavy atom. The number of hydrogen-bond donors (Lipinski definition) is 3. The summed E-state index contributed by atoms with van der Waals surface area (Å²) >= 11 is 0. The molecule has 3 unspecified atom stereocenters. The van der Waals surface area contributed by atoms with Gasteiger partial charge in [-0.05, 0) is 6.92 Å². The van der Waals surface area contributed by atoms with E-state index in [-0.39, 0.29) is 24.1 Å². The zero-order valence-corrected chi connectivity index (χ0v) is 6.26. The van der Waals surface area contributed by atoms with E-state index in [0.717, 1.165) is 0 Å². The summed E-state index contributed by atoms with van der Waals surface area (Å²) in [6.07, 6.45) is -0.154. The van der Waals surface area contributed by atoms with Gasteiger partial charge in [0, 0.05) is 6.04 Å². The molecule has 5 heteroatoms. The Labute approximate surface area is 64.4 Å². The van der Waals surface area contributed by atoms with Crippen molar-refractivity contribution in [3.8, 4) is 0 Å². The van der Waals surface area contributed by atoms with Gasteiger partial charge < -0.3 is 5.32 Å². The average molecular weight is 157 g/mol. The predicted molar refractivity (Wildman–Crippen MR) is 37.1 cm³/mol. The van der Waals surface area contributed by atoms with Crippen molar-refractivity contribution < 1.29 is 9.63 Å². The predicted octanol–water partition coefficient (Wildman–Crippen LogP) is -1.47. The maximum absolute atomic E-state index is 11.2. The molecule has 2 aliphatic rings. The molecule has 0 spiro atoms. The number of carbonyl (C=O) groups is 1. The van der Waals surface area contributed by atoms with E-state index in [9.17, 15) is 4.79 Å². The Hall–Kier alpha value is -0.650. The van der Waals surface area contributed by atoms with Crippen molar-refractivity contribution in [1.29, 1.82) is 0 Å². The van der Waals surface area contributed by atoms with Gasteiger partial charge in [0.2, 0.25) is 5.91 Å². The lowest BCUT2D eigenvalue weighted by atomic mass is 9.99. The monoisotopic (exact) mass is 157 g/mol.